The topological polar surface area (TPSA) is 12.4 Å². The third-order valence-electron chi connectivity index (χ3n) is 2.09. The Morgan fingerprint density at radius 1 is 1.33 bits per heavy atom. The summed E-state index contributed by atoms with van der Waals surface area (Å²) in [6.45, 7) is 4.20. The highest BCUT2D eigenvalue weighted by Gasteiger charge is 1.97. The fraction of sp³-hybridized carbons (Fsp3) is 0.364. The molecule has 0 amide bonds. The lowest BCUT2D eigenvalue weighted by molar-refractivity contribution is 1.22. The molecule has 0 N–H and O–H groups in total. The third kappa shape index (κ3) is 2.19. The largest absolute Gasteiger partial charge is 0.297 e. The summed E-state index contributed by atoms with van der Waals surface area (Å²) in [5.74, 6) is 0. The van der Waals surface area contributed by atoms with Gasteiger partial charge in [0.2, 0.25) is 0 Å². The highest BCUT2D eigenvalue weighted by molar-refractivity contribution is 5.84. The summed E-state index contributed by atoms with van der Waals surface area (Å²) in [6, 6.07) is 8.44. The molecular formula is C11H15N. The minimum atomic E-state index is 0.975. The molecule has 0 saturated carbocycles. The Balaban J connectivity index is 2.82. The summed E-state index contributed by atoms with van der Waals surface area (Å²) in [6.07, 6.45) is 0.975. The Labute approximate surface area is 74.2 Å². The van der Waals surface area contributed by atoms with Crippen molar-refractivity contribution in [2.45, 2.75) is 20.3 Å². The van der Waals surface area contributed by atoms with Crippen LogP contribution in [0.3, 0.4) is 0 Å². The van der Waals surface area contributed by atoms with Gasteiger partial charge in [0.05, 0.1) is 0 Å². The fourth-order valence-corrected chi connectivity index (χ4v) is 1.16. The van der Waals surface area contributed by atoms with Gasteiger partial charge in [-0.2, -0.15) is 0 Å². The van der Waals surface area contributed by atoms with Gasteiger partial charge in [0.25, 0.3) is 0 Å². The van der Waals surface area contributed by atoms with Crippen LogP contribution in [0.4, 0.5) is 0 Å². The van der Waals surface area contributed by atoms with Gasteiger partial charge in [-0.15, -0.1) is 0 Å². The highest BCUT2D eigenvalue weighted by atomic mass is 14.7. The molecule has 0 unspecified atom stereocenters. The number of hydrogen-bond donors (Lipinski definition) is 0. The van der Waals surface area contributed by atoms with Gasteiger partial charge >= 0.3 is 0 Å². The molecule has 0 saturated heterocycles. The number of rotatable bonds is 2. The second kappa shape index (κ2) is 4.05. The average Bonchev–Trinajstić information content (AvgIpc) is 2.09. The monoisotopic (exact) mass is 161 g/mol. The Morgan fingerprint density at radius 3 is 2.58 bits per heavy atom. The first kappa shape index (κ1) is 8.98. The Bertz CT molecular complexity index is 287. The van der Waals surface area contributed by atoms with Crippen molar-refractivity contribution >= 4 is 5.71 Å². The summed E-state index contributed by atoms with van der Waals surface area (Å²) in [5, 5.41) is 0. The van der Waals surface area contributed by atoms with Crippen LogP contribution in [0.2, 0.25) is 0 Å². The zero-order valence-electron chi connectivity index (χ0n) is 7.96. The average molecular weight is 161 g/mol. The van der Waals surface area contributed by atoms with Crippen LogP contribution in [-0.2, 0) is 6.42 Å². The van der Waals surface area contributed by atoms with E-state index < -0.39 is 0 Å². The summed E-state index contributed by atoms with van der Waals surface area (Å²) < 4.78 is 0. The van der Waals surface area contributed by atoms with Crippen LogP contribution in [0, 0.1) is 6.92 Å². The molecule has 12 heavy (non-hydrogen) atoms. The van der Waals surface area contributed by atoms with E-state index in [2.05, 4.69) is 43.1 Å². The lowest BCUT2D eigenvalue weighted by atomic mass is 10.0. The van der Waals surface area contributed by atoms with Crippen molar-refractivity contribution in [1.29, 1.82) is 0 Å². The van der Waals surface area contributed by atoms with Crippen LogP contribution in [0.5, 0.6) is 0 Å². The molecule has 0 spiro atoms. The molecular weight excluding hydrogens is 146 g/mol. The van der Waals surface area contributed by atoms with E-state index in [4.69, 9.17) is 0 Å². The van der Waals surface area contributed by atoms with E-state index in [9.17, 15) is 0 Å². The van der Waals surface area contributed by atoms with Crippen LogP contribution in [0.25, 0.3) is 0 Å². The molecule has 0 heterocycles. The molecule has 1 rings (SSSR count). The van der Waals surface area contributed by atoms with Gasteiger partial charge in [-0.1, -0.05) is 24.3 Å². The zero-order chi connectivity index (χ0) is 8.97. The highest BCUT2D eigenvalue weighted by Crippen LogP contribution is 2.07. The lowest BCUT2D eigenvalue weighted by Crippen LogP contribution is -1.98. The van der Waals surface area contributed by atoms with E-state index in [0.717, 1.165) is 6.42 Å². The van der Waals surface area contributed by atoms with E-state index in [1.54, 1.807) is 0 Å². The van der Waals surface area contributed by atoms with E-state index in [1.807, 2.05) is 7.05 Å². The van der Waals surface area contributed by atoms with Gasteiger partial charge in [0.1, 0.15) is 0 Å². The SMILES string of the molecule is CN=C(C)Cc1ccccc1C. The van der Waals surface area contributed by atoms with Crippen LogP contribution < -0.4 is 0 Å². The first-order valence-corrected chi connectivity index (χ1v) is 4.21. The van der Waals surface area contributed by atoms with E-state index in [-0.39, 0.29) is 0 Å². The Morgan fingerprint density at radius 2 is 2.00 bits per heavy atom. The molecule has 0 aliphatic heterocycles. The minimum absolute atomic E-state index is 0.975. The van der Waals surface area contributed by atoms with Crippen molar-refractivity contribution in [2.75, 3.05) is 7.05 Å². The normalized spacial score (nSPS) is 11.8. The van der Waals surface area contributed by atoms with Gasteiger partial charge in [0.15, 0.2) is 0 Å². The fourth-order valence-electron chi connectivity index (χ4n) is 1.16. The van der Waals surface area contributed by atoms with Crippen molar-refractivity contribution in [3.8, 4) is 0 Å². The van der Waals surface area contributed by atoms with Gasteiger partial charge in [-0.3, -0.25) is 4.99 Å². The summed E-state index contributed by atoms with van der Waals surface area (Å²) >= 11 is 0. The van der Waals surface area contributed by atoms with Gasteiger partial charge in [-0.25, -0.2) is 0 Å². The Hall–Kier alpha value is -1.11. The first-order valence-electron chi connectivity index (χ1n) is 4.21. The molecule has 0 aliphatic carbocycles. The number of aliphatic imine (C=N–C) groups is 1. The maximum Gasteiger partial charge on any atom is 0.0276 e. The number of hydrogen-bond acceptors (Lipinski definition) is 1. The number of aryl methyl sites for hydroxylation is 1. The lowest BCUT2D eigenvalue weighted by Gasteiger charge is -2.03. The predicted octanol–water partition coefficient (Wildman–Crippen LogP) is 2.63. The van der Waals surface area contributed by atoms with Crippen LogP contribution >= 0.6 is 0 Å². The summed E-state index contributed by atoms with van der Waals surface area (Å²) in [4.78, 5) is 4.14. The van der Waals surface area contributed by atoms with Gasteiger partial charge < -0.3 is 0 Å². The molecule has 0 radical (unpaired) electrons. The van der Waals surface area contributed by atoms with Crippen molar-refractivity contribution in [3.63, 3.8) is 0 Å². The van der Waals surface area contributed by atoms with Crippen LogP contribution in [0.15, 0.2) is 29.3 Å². The molecule has 0 aliphatic rings. The summed E-state index contributed by atoms with van der Waals surface area (Å²) in [7, 11) is 1.84. The molecule has 0 bridgehead atoms. The van der Waals surface area contributed by atoms with Crippen molar-refractivity contribution < 1.29 is 0 Å². The third-order valence-corrected chi connectivity index (χ3v) is 2.09. The molecule has 1 nitrogen and oxygen atoms in total. The number of nitrogens with zero attached hydrogens (tertiary/aromatic N) is 1. The second-order valence-corrected chi connectivity index (χ2v) is 3.06. The molecule has 64 valence electrons. The predicted molar refractivity (Wildman–Crippen MR) is 53.9 cm³/mol. The molecule has 0 atom stereocenters. The Kier molecular flexibility index (Phi) is 3.03. The van der Waals surface area contributed by atoms with Crippen LogP contribution in [-0.4, -0.2) is 12.8 Å². The van der Waals surface area contributed by atoms with Crippen molar-refractivity contribution in [3.05, 3.63) is 35.4 Å². The standard InChI is InChI=1S/C11H15N/c1-9-6-4-5-7-11(9)8-10(2)12-3/h4-7H,8H2,1-3H3. The van der Waals surface area contributed by atoms with E-state index in [1.165, 1.54) is 16.8 Å². The number of benzene rings is 1. The van der Waals surface area contributed by atoms with E-state index >= 15 is 0 Å². The molecule has 0 fully saturated rings. The second-order valence-electron chi connectivity index (χ2n) is 3.06. The molecule has 1 heteroatoms. The first-order chi connectivity index (χ1) is 5.74. The van der Waals surface area contributed by atoms with Crippen LogP contribution in [0.1, 0.15) is 18.1 Å². The van der Waals surface area contributed by atoms with Gasteiger partial charge in [-0.05, 0) is 25.0 Å². The molecule has 1 aromatic rings. The molecule has 0 aromatic heterocycles. The minimum Gasteiger partial charge on any atom is -0.297 e. The smallest absolute Gasteiger partial charge is 0.0276 e. The molecule has 1 aromatic carbocycles. The van der Waals surface area contributed by atoms with Crippen molar-refractivity contribution in [2.24, 2.45) is 4.99 Å². The van der Waals surface area contributed by atoms with Gasteiger partial charge in [0, 0.05) is 19.2 Å². The maximum absolute atomic E-state index is 4.14. The quantitative estimate of drug-likeness (QED) is 0.591. The van der Waals surface area contributed by atoms with E-state index in [0.29, 0.717) is 0 Å². The maximum atomic E-state index is 4.14. The zero-order valence-corrected chi connectivity index (χ0v) is 7.96. The summed E-state index contributed by atoms with van der Waals surface area (Å²) in [5.41, 5.74) is 3.91. The van der Waals surface area contributed by atoms with Crippen molar-refractivity contribution in [1.82, 2.24) is 0 Å².